The lowest BCUT2D eigenvalue weighted by Crippen LogP contribution is -2.16. The fourth-order valence-electron chi connectivity index (χ4n) is 3.48. The Bertz CT molecular complexity index is 1200. The third-order valence-corrected chi connectivity index (χ3v) is 5.85. The van der Waals surface area contributed by atoms with E-state index < -0.39 is 0 Å². The first kappa shape index (κ1) is 17.3. The number of hydrogen-bond acceptors (Lipinski definition) is 6. The minimum Gasteiger partial charge on any atom is -0.496 e. The van der Waals surface area contributed by atoms with Crippen LogP contribution in [0.1, 0.15) is 39.7 Å². The highest BCUT2D eigenvalue weighted by Gasteiger charge is 2.42. The Morgan fingerprint density at radius 1 is 1.37 bits per heavy atom. The van der Waals surface area contributed by atoms with Crippen molar-refractivity contribution in [1.82, 2.24) is 9.38 Å². The maximum Gasteiger partial charge on any atom is 0.258 e. The predicted octanol–water partition coefficient (Wildman–Crippen LogP) is 3.16. The number of aromatic nitrogens is 2. The number of fused-ring (bicyclic) bond motifs is 1. The van der Waals surface area contributed by atoms with Gasteiger partial charge in [0.15, 0.2) is 4.96 Å². The Balaban J connectivity index is 1.77. The number of ether oxygens (including phenoxy) is 1. The van der Waals surface area contributed by atoms with Gasteiger partial charge in [-0.2, -0.15) is 10.5 Å². The summed E-state index contributed by atoms with van der Waals surface area (Å²) in [6.45, 7) is 1.97. The maximum absolute atomic E-state index is 12.8. The zero-order valence-electron chi connectivity index (χ0n) is 14.9. The van der Waals surface area contributed by atoms with Crippen molar-refractivity contribution >= 4 is 16.3 Å². The zero-order valence-corrected chi connectivity index (χ0v) is 15.7. The molecule has 134 valence electrons. The van der Waals surface area contributed by atoms with Gasteiger partial charge in [-0.15, -0.1) is 11.3 Å². The zero-order chi connectivity index (χ0) is 19.1. The molecule has 1 fully saturated rings. The molecular weight excluding hydrogens is 360 g/mol. The molecule has 0 radical (unpaired) electrons. The molecule has 1 aliphatic rings. The second kappa shape index (κ2) is 6.53. The molecule has 2 atom stereocenters. The first-order valence-electron chi connectivity index (χ1n) is 8.54. The minimum absolute atomic E-state index is 0.00828. The van der Waals surface area contributed by atoms with E-state index in [9.17, 15) is 4.79 Å². The van der Waals surface area contributed by atoms with Gasteiger partial charge >= 0.3 is 0 Å². The van der Waals surface area contributed by atoms with Crippen LogP contribution in [-0.4, -0.2) is 16.5 Å². The summed E-state index contributed by atoms with van der Waals surface area (Å²) in [6, 6.07) is 11.1. The quantitative estimate of drug-likeness (QED) is 0.697. The second-order valence-corrected chi connectivity index (χ2v) is 7.82. The van der Waals surface area contributed by atoms with Gasteiger partial charge in [0.05, 0.1) is 36.4 Å². The molecule has 2 heterocycles. The van der Waals surface area contributed by atoms with Gasteiger partial charge in [-0.25, -0.2) is 4.98 Å². The van der Waals surface area contributed by atoms with Gasteiger partial charge in [0, 0.05) is 34.5 Å². The van der Waals surface area contributed by atoms with Gasteiger partial charge in [0.1, 0.15) is 5.75 Å². The van der Waals surface area contributed by atoms with Crippen molar-refractivity contribution < 1.29 is 4.74 Å². The molecule has 1 aromatic carbocycles. The summed E-state index contributed by atoms with van der Waals surface area (Å²) in [5.74, 6) is 0.779. The molecule has 1 saturated carbocycles. The SMILES string of the molecule is COc1ccc(C#N)cc1Cc1cc(=O)n2c([C@@H]3C[C@H]3C#N)c(C)sc2n1. The number of aryl methyl sites for hydroxylation is 1. The molecule has 0 saturated heterocycles. The van der Waals surface area contributed by atoms with E-state index in [1.165, 1.54) is 17.4 Å². The largest absolute Gasteiger partial charge is 0.496 e. The molecule has 0 spiro atoms. The van der Waals surface area contributed by atoms with Crippen LogP contribution < -0.4 is 10.3 Å². The molecule has 0 bridgehead atoms. The van der Waals surface area contributed by atoms with E-state index in [1.807, 2.05) is 6.92 Å². The Morgan fingerprint density at radius 3 is 2.85 bits per heavy atom. The van der Waals surface area contributed by atoms with Gasteiger partial charge in [-0.1, -0.05) is 0 Å². The molecule has 7 heteroatoms. The van der Waals surface area contributed by atoms with Gasteiger partial charge in [0.25, 0.3) is 5.56 Å². The van der Waals surface area contributed by atoms with Gasteiger partial charge < -0.3 is 4.74 Å². The normalized spacial score (nSPS) is 18.1. The number of rotatable bonds is 4. The topological polar surface area (TPSA) is 91.2 Å². The molecule has 1 aliphatic carbocycles. The Hall–Kier alpha value is -3.16. The number of methoxy groups -OCH3 is 1. The van der Waals surface area contributed by atoms with Gasteiger partial charge in [-0.05, 0) is 31.5 Å². The van der Waals surface area contributed by atoms with Crippen LogP contribution in [0.15, 0.2) is 29.1 Å². The Kier molecular flexibility index (Phi) is 4.18. The van der Waals surface area contributed by atoms with Crippen LogP contribution in [0.4, 0.5) is 0 Å². The lowest BCUT2D eigenvalue weighted by molar-refractivity contribution is 0.410. The van der Waals surface area contributed by atoms with Gasteiger partial charge in [-0.3, -0.25) is 9.20 Å². The summed E-state index contributed by atoms with van der Waals surface area (Å²) in [7, 11) is 1.58. The average molecular weight is 376 g/mol. The summed E-state index contributed by atoms with van der Waals surface area (Å²) in [4.78, 5) is 19.1. The summed E-state index contributed by atoms with van der Waals surface area (Å²) in [5.41, 5.74) is 2.78. The third kappa shape index (κ3) is 2.97. The fourth-order valence-corrected chi connectivity index (χ4v) is 4.55. The highest BCUT2D eigenvalue weighted by Crippen LogP contribution is 2.49. The second-order valence-electron chi connectivity index (χ2n) is 6.64. The maximum atomic E-state index is 12.8. The van der Waals surface area contributed by atoms with E-state index in [2.05, 4.69) is 17.1 Å². The first-order valence-corrected chi connectivity index (χ1v) is 9.36. The Morgan fingerprint density at radius 2 is 2.19 bits per heavy atom. The highest BCUT2D eigenvalue weighted by atomic mass is 32.1. The number of thiazole rings is 1. The van der Waals surface area contributed by atoms with Crippen molar-refractivity contribution in [3.8, 4) is 17.9 Å². The number of benzene rings is 1. The molecule has 2 aromatic heterocycles. The summed E-state index contributed by atoms with van der Waals surface area (Å²) >= 11 is 1.47. The smallest absolute Gasteiger partial charge is 0.258 e. The van der Waals surface area contributed by atoms with Crippen LogP contribution in [0.5, 0.6) is 5.75 Å². The molecule has 3 aromatic rings. The lowest BCUT2D eigenvalue weighted by atomic mass is 10.1. The molecule has 0 N–H and O–H groups in total. The number of hydrogen-bond donors (Lipinski definition) is 0. The van der Waals surface area contributed by atoms with Crippen LogP contribution in [0.25, 0.3) is 4.96 Å². The monoisotopic (exact) mass is 376 g/mol. The van der Waals surface area contributed by atoms with Crippen LogP contribution in [0.3, 0.4) is 0 Å². The fraction of sp³-hybridized carbons (Fsp3) is 0.300. The lowest BCUT2D eigenvalue weighted by Gasteiger charge is -2.09. The van der Waals surface area contributed by atoms with Crippen LogP contribution in [-0.2, 0) is 6.42 Å². The van der Waals surface area contributed by atoms with E-state index in [4.69, 9.17) is 15.3 Å². The number of nitrogens with zero attached hydrogens (tertiary/aromatic N) is 4. The van der Waals surface area contributed by atoms with Crippen molar-refractivity contribution in [2.24, 2.45) is 5.92 Å². The number of nitriles is 2. The van der Waals surface area contributed by atoms with E-state index in [0.717, 1.165) is 22.6 Å². The predicted molar refractivity (Wildman–Crippen MR) is 101 cm³/mol. The molecule has 4 rings (SSSR count). The van der Waals surface area contributed by atoms with Crippen LogP contribution >= 0.6 is 11.3 Å². The molecule has 27 heavy (non-hydrogen) atoms. The molecule has 0 amide bonds. The van der Waals surface area contributed by atoms with E-state index >= 15 is 0 Å². The molecular formula is C20H16N4O2S. The third-order valence-electron chi connectivity index (χ3n) is 4.88. The molecule has 6 nitrogen and oxygen atoms in total. The van der Waals surface area contributed by atoms with E-state index in [0.29, 0.717) is 28.4 Å². The summed E-state index contributed by atoms with van der Waals surface area (Å²) < 4.78 is 7.02. The first-order chi connectivity index (χ1) is 13.0. The van der Waals surface area contributed by atoms with Crippen LogP contribution in [0, 0.1) is 35.5 Å². The van der Waals surface area contributed by atoms with E-state index in [1.54, 1.807) is 29.7 Å². The average Bonchev–Trinajstić information content (AvgIpc) is 3.36. The standard InChI is InChI=1S/C20H16N4O2S/c1-11-19(16-7-14(16)10-22)24-18(25)8-15(23-20(24)27-11)6-13-5-12(9-21)3-4-17(13)26-2/h3-5,8,14,16H,6-7H2,1-2H3/t14-,16+/m0/s1. The van der Waals surface area contributed by atoms with Crippen molar-refractivity contribution in [2.45, 2.75) is 25.7 Å². The molecule has 0 aliphatic heterocycles. The van der Waals surface area contributed by atoms with Gasteiger partial charge in [0.2, 0.25) is 0 Å². The Labute approximate surface area is 159 Å². The highest BCUT2D eigenvalue weighted by molar-refractivity contribution is 7.17. The van der Waals surface area contributed by atoms with Crippen molar-refractivity contribution in [1.29, 1.82) is 10.5 Å². The molecule has 0 unspecified atom stereocenters. The summed E-state index contributed by atoms with van der Waals surface area (Å²) in [6.07, 6.45) is 1.20. The minimum atomic E-state index is -0.131. The van der Waals surface area contributed by atoms with E-state index in [-0.39, 0.29) is 17.4 Å². The van der Waals surface area contributed by atoms with Crippen molar-refractivity contribution in [3.05, 3.63) is 62.0 Å². The van der Waals surface area contributed by atoms with Crippen molar-refractivity contribution in [2.75, 3.05) is 7.11 Å². The van der Waals surface area contributed by atoms with Crippen LogP contribution in [0.2, 0.25) is 0 Å². The van der Waals surface area contributed by atoms with Crippen molar-refractivity contribution in [3.63, 3.8) is 0 Å². The summed E-state index contributed by atoms with van der Waals surface area (Å²) in [5, 5.41) is 18.3.